The molecule has 0 aliphatic heterocycles. The predicted octanol–water partition coefficient (Wildman–Crippen LogP) is 0.664. The van der Waals surface area contributed by atoms with Gasteiger partial charge in [-0.25, -0.2) is 0 Å². The Morgan fingerprint density at radius 1 is 1.38 bits per heavy atom. The second-order valence-electron chi connectivity index (χ2n) is 3.01. The van der Waals surface area contributed by atoms with Crippen molar-refractivity contribution in [2.75, 3.05) is 18.2 Å². The molecular formula is C10H18BN3OS. The van der Waals surface area contributed by atoms with E-state index >= 15 is 0 Å². The SMILES string of the molecule is B.CSC.NCc1ccc2c(N)noc2c1. The molecule has 0 amide bonds. The normalized spacial score (nSPS) is 9.19. The van der Waals surface area contributed by atoms with E-state index in [4.69, 9.17) is 16.0 Å². The highest BCUT2D eigenvalue weighted by Crippen LogP contribution is 2.20. The van der Waals surface area contributed by atoms with Crippen molar-refractivity contribution in [1.29, 1.82) is 0 Å². The van der Waals surface area contributed by atoms with Gasteiger partial charge < -0.3 is 16.0 Å². The molecular weight excluding hydrogens is 221 g/mol. The molecule has 1 aromatic heterocycles. The van der Waals surface area contributed by atoms with E-state index in [1.807, 2.05) is 30.7 Å². The summed E-state index contributed by atoms with van der Waals surface area (Å²) in [6.45, 7) is 0.497. The molecule has 0 radical (unpaired) electrons. The molecule has 0 atom stereocenters. The lowest BCUT2D eigenvalue weighted by Crippen LogP contribution is -1.94. The minimum absolute atomic E-state index is 0. The predicted molar refractivity (Wildman–Crippen MR) is 75.7 cm³/mol. The standard InChI is InChI=1S/C8H9N3O.C2H6S.BH3/c9-4-5-1-2-6-7(3-5)12-11-8(6)10;1-3-2;/h1-3H,4,9H2,(H2,10,11);1-2H3;1H3. The quantitative estimate of drug-likeness (QED) is 0.715. The summed E-state index contributed by atoms with van der Waals surface area (Å²) < 4.78 is 4.96. The highest BCUT2D eigenvalue weighted by Gasteiger charge is 2.03. The van der Waals surface area contributed by atoms with Crippen LogP contribution < -0.4 is 11.5 Å². The van der Waals surface area contributed by atoms with Crippen molar-refractivity contribution < 1.29 is 4.52 Å². The maximum Gasteiger partial charge on any atom is 0.174 e. The Balaban J connectivity index is 0.000000511. The molecule has 2 aromatic rings. The zero-order valence-electron chi connectivity index (χ0n) is 8.86. The number of rotatable bonds is 1. The fourth-order valence-electron chi connectivity index (χ4n) is 1.13. The maximum atomic E-state index is 5.53. The van der Waals surface area contributed by atoms with Crippen molar-refractivity contribution in [2.45, 2.75) is 6.54 Å². The highest BCUT2D eigenvalue weighted by atomic mass is 32.2. The Morgan fingerprint density at radius 3 is 2.56 bits per heavy atom. The van der Waals surface area contributed by atoms with E-state index in [0.29, 0.717) is 17.9 Å². The molecule has 0 spiro atoms. The molecule has 6 heteroatoms. The molecule has 1 heterocycles. The van der Waals surface area contributed by atoms with E-state index in [0.717, 1.165) is 10.9 Å². The van der Waals surface area contributed by atoms with Crippen LogP contribution in [-0.2, 0) is 6.54 Å². The van der Waals surface area contributed by atoms with E-state index in [1.54, 1.807) is 11.8 Å². The van der Waals surface area contributed by atoms with Gasteiger partial charge in [0.25, 0.3) is 0 Å². The average Bonchev–Trinajstić information content (AvgIpc) is 2.61. The van der Waals surface area contributed by atoms with Crippen LogP contribution in [0.4, 0.5) is 5.82 Å². The number of anilines is 1. The van der Waals surface area contributed by atoms with Gasteiger partial charge in [-0.05, 0) is 30.2 Å². The van der Waals surface area contributed by atoms with Crippen LogP contribution in [0.25, 0.3) is 11.0 Å². The number of nitrogens with two attached hydrogens (primary N) is 2. The molecule has 0 fully saturated rings. The van der Waals surface area contributed by atoms with Gasteiger partial charge in [0.2, 0.25) is 0 Å². The van der Waals surface area contributed by atoms with Crippen LogP contribution in [0.2, 0.25) is 0 Å². The molecule has 2 rings (SSSR count). The molecule has 88 valence electrons. The lowest BCUT2D eigenvalue weighted by atomic mass is 10.2. The summed E-state index contributed by atoms with van der Waals surface area (Å²) in [5.41, 5.74) is 12.7. The third kappa shape index (κ3) is 3.46. The van der Waals surface area contributed by atoms with Gasteiger partial charge in [-0.15, -0.1) is 0 Å². The van der Waals surface area contributed by atoms with E-state index in [9.17, 15) is 0 Å². The molecule has 16 heavy (non-hydrogen) atoms. The number of nitrogens with zero attached hydrogens (tertiary/aromatic N) is 1. The minimum atomic E-state index is 0. The van der Waals surface area contributed by atoms with Gasteiger partial charge in [-0.1, -0.05) is 11.2 Å². The summed E-state index contributed by atoms with van der Waals surface area (Å²) in [6, 6.07) is 5.62. The Morgan fingerprint density at radius 2 is 2.00 bits per heavy atom. The number of aromatic nitrogens is 1. The topological polar surface area (TPSA) is 78.1 Å². The van der Waals surface area contributed by atoms with Gasteiger partial charge in [0.1, 0.15) is 0 Å². The van der Waals surface area contributed by atoms with Crippen LogP contribution in [0.3, 0.4) is 0 Å². The Hall–Kier alpha value is -1.14. The minimum Gasteiger partial charge on any atom is -0.380 e. The molecule has 0 saturated carbocycles. The number of nitrogen functional groups attached to an aromatic ring is 1. The lowest BCUT2D eigenvalue weighted by molar-refractivity contribution is 0.460. The second-order valence-corrected chi connectivity index (χ2v) is 3.83. The Labute approximate surface area is 101 Å². The van der Waals surface area contributed by atoms with Crippen LogP contribution in [0.1, 0.15) is 5.56 Å². The van der Waals surface area contributed by atoms with Gasteiger partial charge in [-0.2, -0.15) is 11.8 Å². The van der Waals surface area contributed by atoms with Gasteiger partial charge >= 0.3 is 0 Å². The van der Waals surface area contributed by atoms with Crippen LogP contribution >= 0.6 is 11.8 Å². The number of benzene rings is 1. The zero-order chi connectivity index (χ0) is 11.3. The average molecular weight is 239 g/mol. The van der Waals surface area contributed by atoms with Crippen LogP contribution in [-0.4, -0.2) is 26.1 Å². The van der Waals surface area contributed by atoms with Crippen molar-refractivity contribution in [2.24, 2.45) is 5.73 Å². The molecule has 1 aromatic carbocycles. The van der Waals surface area contributed by atoms with E-state index in [-0.39, 0.29) is 8.41 Å². The van der Waals surface area contributed by atoms with E-state index in [1.165, 1.54) is 0 Å². The number of fused-ring (bicyclic) bond motifs is 1. The number of thioether (sulfide) groups is 1. The van der Waals surface area contributed by atoms with Crippen molar-refractivity contribution in [3.05, 3.63) is 23.8 Å². The smallest absolute Gasteiger partial charge is 0.174 e. The first kappa shape index (κ1) is 14.9. The van der Waals surface area contributed by atoms with E-state index in [2.05, 4.69) is 5.16 Å². The monoisotopic (exact) mass is 239 g/mol. The Bertz CT molecular complexity index is 433. The molecule has 0 aliphatic carbocycles. The fraction of sp³-hybridized carbons (Fsp3) is 0.300. The zero-order valence-corrected chi connectivity index (χ0v) is 9.67. The summed E-state index contributed by atoms with van der Waals surface area (Å²) in [7, 11) is 0. The Kier molecular flexibility index (Phi) is 6.68. The largest absolute Gasteiger partial charge is 0.380 e. The third-order valence-electron chi connectivity index (χ3n) is 1.80. The van der Waals surface area contributed by atoms with Gasteiger partial charge in [-0.3, -0.25) is 0 Å². The first-order chi connectivity index (χ1) is 7.22. The van der Waals surface area contributed by atoms with Crippen LogP contribution in [0, 0.1) is 0 Å². The number of hydrogen-bond acceptors (Lipinski definition) is 5. The van der Waals surface area contributed by atoms with Crippen LogP contribution in [0.5, 0.6) is 0 Å². The van der Waals surface area contributed by atoms with Crippen molar-refractivity contribution in [1.82, 2.24) is 5.16 Å². The summed E-state index contributed by atoms with van der Waals surface area (Å²) in [5, 5.41) is 4.47. The molecule has 0 bridgehead atoms. The first-order valence-corrected chi connectivity index (χ1v) is 6.10. The van der Waals surface area contributed by atoms with Crippen LogP contribution in [0.15, 0.2) is 22.7 Å². The second kappa shape index (κ2) is 7.19. The van der Waals surface area contributed by atoms with Gasteiger partial charge in [0.15, 0.2) is 11.4 Å². The fourth-order valence-corrected chi connectivity index (χ4v) is 1.13. The summed E-state index contributed by atoms with van der Waals surface area (Å²) in [6.07, 6.45) is 4.08. The van der Waals surface area contributed by atoms with Crippen molar-refractivity contribution >= 4 is 37.0 Å². The third-order valence-corrected chi connectivity index (χ3v) is 1.80. The van der Waals surface area contributed by atoms with Gasteiger partial charge in [0.05, 0.1) is 13.8 Å². The summed E-state index contributed by atoms with van der Waals surface area (Å²) >= 11 is 1.75. The molecule has 0 aliphatic rings. The molecule has 0 unspecified atom stereocenters. The summed E-state index contributed by atoms with van der Waals surface area (Å²) in [4.78, 5) is 0. The van der Waals surface area contributed by atoms with Gasteiger partial charge in [0, 0.05) is 6.54 Å². The molecule has 4 nitrogen and oxygen atoms in total. The molecule has 4 N–H and O–H groups in total. The van der Waals surface area contributed by atoms with E-state index < -0.39 is 0 Å². The highest BCUT2D eigenvalue weighted by molar-refractivity contribution is 7.97. The molecule has 0 saturated heterocycles. The maximum absolute atomic E-state index is 5.53. The number of hydrogen-bond donors (Lipinski definition) is 2. The first-order valence-electron chi connectivity index (χ1n) is 4.47. The summed E-state index contributed by atoms with van der Waals surface area (Å²) in [5.74, 6) is 0.425. The van der Waals surface area contributed by atoms with Crippen molar-refractivity contribution in [3.63, 3.8) is 0 Å². The van der Waals surface area contributed by atoms with Crippen molar-refractivity contribution in [3.8, 4) is 0 Å². The lowest BCUT2D eigenvalue weighted by Gasteiger charge is -1.93.